The number of sulfonamides is 1. The summed E-state index contributed by atoms with van der Waals surface area (Å²) in [7, 11) is -3.34. The molecule has 110 valence electrons. The van der Waals surface area contributed by atoms with Crippen LogP contribution in [0.5, 0.6) is 5.75 Å². The van der Waals surface area contributed by atoms with Crippen molar-refractivity contribution in [3.8, 4) is 5.75 Å². The van der Waals surface area contributed by atoms with Crippen molar-refractivity contribution >= 4 is 15.8 Å². The number of hydrogen-bond acceptors (Lipinski definition) is 4. The molecule has 0 unspecified atom stereocenters. The Hall–Kier alpha value is -2.08. The molecule has 3 rings (SSSR count). The standard InChI is InChI=1S/C15H16N2O3S/c18-21(19,13-8-9-13)17-15-14(7-4-10-16-15)20-11-12-5-2-1-3-6-12/h1-7,10,13H,8-9,11H2,(H,16,17). The van der Waals surface area contributed by atoms with Gasteiger partial charge in [0.05, 0.1) is 5.25 Å². The monoisotopic (exact) mass is 304 g/mol. The Morgan fingerprint density at radius 1 is 1.14 bits per heavy atom. The van der Waals surface area contributed by atoms with Crippen LogP contribution in [0.3, 0.4) is 0 Å². The third-order valence-electron chi connectivity index (χ3n) is 3.21. The van der Waals surface area contributed by atoms with Crippen LogP contribution in [0.25, 0.3) is 0 Å². The number of hydrogen-bond donors (Lipinski definition) is 1. The third-order valence-corrected chi connectivity index (χ3v) is 5.04. The first-order valence-electron chi connectivity index (χ1n) is 6.78. The molecular weight excluding hydrogens is 288 g/mol. The van der Waals surface area contributed by atoms with Gasteiger partial charge >= 0.3 is 0 Å². The number of nitrogens with one attached hydrogen (secondary N) is 1. The Labute approximate surface area is 124 Å². The van der Waals surface area contributed by atoms with Crippen LogP contribution < -0.4 is 9.46 Å². The lowest BCUT2D eigenvalue weighted by Crippen LogP contribution is -2.18. The summed E-state index contributed by atoms with van der Waals surface area (Å²) < 4.78 is 32.2. The van der Waals surface area contributed by atoms with E-state index in [1.54, 1.807) is 18.3 Å². The quantitative estimate of drug-likeness (QED) is 0.890. The summed E-state index contributed by atoms with van der Waals surface area (Å²) >= 11 is 0. The number of benzene rings is 1. The molecule has 0 radical (unpaired) electrons. The van der Waals surface area contributed by atoms with E-state index in [0.717, 1.165) is 5.56 Å². The molecule has 1 saturated carbocycles. The minimum Gasteiger partial charge on any atom is -0.485 e. The number of nitrogens with zero attached hydrogens (tertiary/aromatic N) is 1. The molecule has 21 heavy (non-hydrogen) atoms. The molecule has 0 amide bonds. The number of ether oxygens (including phenoxy) is 1. The average molecular weight is 304 g/mol. The van der Waals surface area contributed by atoms with Crippen LogP contribution in [0.15, 0.2) is 48.7 Å². The lowest BCUT2D eigenvalue weighted by molar-refractivity contribution is 0.307. The van der Waals surface area contributed by atoms with Crippen LogP contribution >= 0.6 is 0 Å². The van der Waals surface area contributed by atoms with E-state index in [2.05, 4.69) is 9.71 Å². The maximum Gasteiger partial charge on any atom is 0.236 e. The number of rotatable bonds is 6. The highest BCUT2D eigenvalue weighted by molar-refractivity contribution is 7.93. The topological polar surface area (TPSA) is 68.3 Å². The minimum absolute atomic E-state index is 0.250. The maximum atomic E-state index is 12.0. The summed E-state index contributed by atoms with van der Waals surface area (Å²) in [5, 5.41) is -0.290. The summed E-state index contributed by atoms with van der Waals surface area (Å²) in [5.74, 6) is 0.686. The van der Waals surface area contributed by atoms with Crippen molar-refractivity contribution in [1.82, 2.24) is 4.98 Å². The van der Waals surface area contributed by atoms with Gasteiger partial charge in [-0.3, -0.25) is 4.72 Å². The highest BCUT2D eigenvalue weighted by Gasteiger charge is 2.36. The summed E-state index contributed by atoms with van der Waals surface area (Å²) in [5.41, 5.74) is 1.01. The maximum absolute atomic E-state index is 12.0. The highest BCUT2D eigenvalue weighted by Crippen LogP contribution is 2.31. The van der Waals surface area contributed by atoms with E-state index in [-0.39, 0.29) is 11.1 Å². The zero-order chi connectivity index (χ0) is 14.7. The first-order chi connectivity index (χ1) is 10.1. The number of anilines is 1. The second kappa shape index (κ2) is 5.73. The first kappa shape index (κ1) is 13.9. The van der Waals surface area contributed by atoms with Crippen LogP contribution in [-0.4, -0.2) is 18.7 Å². The lowest BCUT2D eigenvalue weighted by Gasteiger charge is -2.12. The van der Waals surface area contributed by atoms with Gasteiger partial charge in [0.15, 0.2) is 11.6 Å². The molecule has 2 aromatic rings. The second-order valence-electron chi connectivity index (χ2n) is 4.97. The number of aromatic nitrogens is 1. The molecule has 1 aromatic carbocycles. The molecule has 6 heteroatoms. The van der Waals surface area contributed by atoms with Gasteiger partial charge in [0.2, 0.25) is 10.0 Å². The zero-order valence-electron chi connectivity index (χ0n) is 11.4. The van der Waals surface area contributed by atoms with Gasteiger partial charge in [-0.2, -0.15) is 0 Å². The first-order valence-corrected chi connectivity index (χ1v) is 8.33. The Balaban J connectivity index is 1.73. The van der Waals surface area contributed by atoms with Crippen LogP contribution in [-0.2, 0) is 16.6 Å². The van der Waals surface area contributed by atoms with E-state index in [9.17, 15) is 8.42 Å². The van der Waals surface area contributed by atoms with Crippen molar-refractivity contribution in [2.75, 3.05) is 4.72 Å². The molecule has 0 atom stereocenters. The largest absolute Gasteiger partial charge is 0.485 e. The predicted octanol–water partition coefficient (Wildman–Crippen LogP) is 2.56. The molecule has 1 aliphatic rings. The molecular formula is C15H16N2O3S. The van der Waals surface area contributed by atoms with Crippen molar-refractivity contribution in [1.29, 1.82) is 0 Å². The van der Waals surface area contributed by atoms with Gasteiger partial charge in [0.1, 0.15) is 6.61 Å². The van der Waals surface area contributed by atoms with Crippen LogP contribution in [0.2, 0.25) is 0 Å². The molecule has 0 bridgehead atoms. The van der Waals surface area contributed by atoms with Gasteiger partial charge in [0, 0.05) is 6.20 Å². The van der Waals surface area contributed by atoms with E-state index < -0.39 is 10.0 Å². The van der Waals surface area contributed by atoms with Gasteiger partial charge in [-0.1, -0.05) is 30.3 Å². The van der Waals surface area contributed by atoms with Crippen molar-refractivity contribution in [2.24, 2.45) is 0 Å². The Kier molecular flexibility index (Phi) is 3.79. The summed E-state index contributed by atoms with van der Waals surface area (Å²) in [6, 6.07) is 13.1. The van der Waals surface area contributed by atoms with Crippen molar-refractivity contribution in [3.05, 3.63) is 54.2 Å². The van der Waals surface area contributed by atoms with E-state index in [1.807, 2.05) is 30.3 Å². The lowest BCUT2D eigenvalue weighted by atomic mass is 10.2. The van der Waals surface area contributed by atoms with Crippen LogP contribution in [0.4, 0.5) is 5.82 Å². The van der Waals surface area contributed by atoms with Crippen molar-refractivity contribution in [2.45, 2.75) is 24.7 Å². The molecule has 5 nitrogen and oxygen atoms in total. The fourth-order valence-corrected chi connectivity index (χ4v) is 3.26. The summed E-state index contributed by atoms with van der Waals surface area (Å²) in [4.78, 5) is 4.07. The van der Waals surface area contributed by atoms with Gasteiger partial charge in [0.25, 0.3) is 0 Å². The Morgan fingerprint density at radius 2 is 1.90 bits per heavy atom. The third kappa shape index (κ3) is 3.52. The normalized spacial score (nSPS) is 14.7. The van der Waals surface area contributed by atoms with E-state index in [1.165, 1.54) is 0 Å². The predicted molar refractivity (Wildman–Crippen MR) is 80.6 cm³/mol. The summed E-state index contributed by atoms with van der Waals surface area (Å²) in [6.45, 7) is 0.366. The zero-order valence-corrected chi connectivity index (χ0v) is 12.2. The molecule has 0 spiro atoms. The Bertz CT molecular complexity index is 713. The van der Waals surface area contributed by atoms with E-state index >= 15 is 0 Å². The fourth-order valence-electron chi connectivity index (χ4n) is 1.92. The Morgan fingerprint density at radius 3 is 2.62 bits per heavy atom. The van der Waals surface area contributed by atoms with Gasteiger partial charge in [-0.15, -0.1) is 0 Å². The van der Waals surface area contributed by atoms with Crippen LogP contribution in [0.1, 0.15) is 18.4 Å². The van der Waals surface area contributed by atoms with Crippen LogP contribution in [0, 0.1) is 0 Å². The van der Waals surface area contributed by atoms with Gasteiger partial charge in [-0.25, -0.2) is 13.4 Å². The van der Waals surface area contributed by atoms with Gasteiger partial charge < -0.3 is 4.74 Å². The van der Waals surface area contributed by atoms with Crippen molar-refractivity contribution in [3.63, 3.8) is 0 Å². The second-order valence-corrected chi connectivity index (χ2v) is 6.93. The molecule has 1 heterocycles. The van der Waals surface area contributed by atoms with Gasteiger partial charge in [-0.05, 0) is 30.5 Å². The summed E-state index contributed by atoms with van der Waals surface area (Å²) in [6.07, 6.45) is 2.96. The SMILES string of the molecule is O=S(=O)(Nc1ncccc1OCc1ccccc1)C1CC1. The fraction of sp³-hybridized carbons (Fsp3) is 0.267. The van der Waals surface area contributed by atoms with Crippen molar-refractivity contribution < 1.29 is 13.2 Å². The number of pyridine rings is 1. The highest BCUT2D eigenvalue weighted by atomic mass is 32.2. The van der Waals surface area contributed by atoms with E-state index in [4.69, 9.17) is 4.74 Å². The molecule has 1 N–H and O–H groups in total. The molecule has 0 saturated heterocycles. The molecule has 1 fully saturated rings. The minimum atomic E-state index is -3.34. The smallest absolute Gasteiger partial charge is 0.236 e. The molecule has 1 aliphatic carbocycles. The average Bonchev–Trinajstić information content (AvgIpc) is 3.32. The molecule has 0 aliphatic heterocycles. The molecule has 1 aromatic heterocycles. The van der Waals surface area contributed by atoms with E-state index in [0.29, 0.717) is 25.2 Å².